The molecule has 0 atom stereocenters. The molecule has 0 fully saturated rings. The maximum atomic E-state index is 6.22. The normalized spacial score (nSPS) is 10.6. The molecule has 0 unspecified atom stereocenters. The van der Waals surface area contributed by atoms with Crippen molar-refractivity contribution in [2.45, 2.75) is 20.8 Å². The van der Waals surface area contributed by atoms with E-state index in [1.165, 1.54) is 5.56 Å². The van der Waals surface area contributed by atoms with Gasteiger partial charge in [0.05, 0.1) is 22.8 Å². The van der Waals surface area contributed by atoms with Crippen LogP contribution in [0.2, 0.25) is 0 Å². The van der Waals surface area contributed by atoms with E-state index in [1.807, 2.05) is 81.6 Å². The van der Waals surface area contributed by atoms with Gasteiger partial charge in [-0.25, -0.2) is 15.0 Å². The first-order valence-electron chi connectivity index (χ1n) is 26.6. The van der Waals surface area contributed by atoms with Gasteiger partial charge in [0.2, 0.25) is 0 Å². The number of benzene rings is 10. The van der Waals surface area contributed by atoms with Crippen molar-refractivity contribution >= 4 is 11.4 Å². The molecule has 2 aromatic heterocycles. The molecular formula is C73H61N5. The van der Waals surface area contributed by atoms with Crippen molar-refractivity contribution in [3.63, 3.8) is 0 Å². The third-order valence-electron chi connectivity index (χ3n) is 13.5. The zero-order chi connectivity index (χ0) is 53.6. The number of hydrogen-bond donors (Lipinski definition) is 2. The van der Waals surface area contributed by atoms with Gasteiger partial charge in [-0.05, 0) is 130 Å². The fourth-order valence-corrected chi connectivity index (χ4v) is 9.58. The maximum Gasteiger partial charge on any atom is 0.160 e. The van der Waals surface area contributed by atoms with Crippen LogP contribution in [-0.2, 0) is 0 Å². The average molecular weight is 1010 g/mol. The Labute approximate surface area is 459 Å². The van der Waals surface area contributed by atoms with Crippen molar-refractivity contribution in [1.82, 2.24) is 15.0 Å². The number of hydrogen-bond acceptors (Lipinski definition) is 5. The molecule has 378 valence electrons. The number of nitrogens with zero attached hydrogens (tertiary/aromatic N) is 3. The Morgan fingerprint density at radius 1 is 0.282 bits per heavy atom. The second-order valence-electron chi connectivity index (χ2n) is 18.8. The minimum absolute atomic E-state index is 0.663. The molecular weight excluding hydrogens is 947 g/mol. The number of nitrogens with one attached hydrogen (secondary N) is 1. The van der Waals surface area contributed by atoms with E-state index in [0.717, 1.165) is 118 Å². The minimum atomic E-state index is 0.663. The van der Waals surface area contributed by atoms with Crippen molar-refractivity contribution in [3.05, 3.63) is 285 Å². The Balaban J connectivity index is 0.000000703. The fraction of sp³-hybridized carbons (Fsp3) is 0.0548. The average Bonchev–Trinajstić information content (AvgIpc) is 3.53. The van der Waals surface area contributed by atoms with Crippen LogP contribution in [0.1, 0.15) is 19.4 Å². The number of rotatable bonds is 11. The summed E-state index contributed by atoms with van der Waals surface area (Å²) in [6, 6.07) is 97.1. The second kappa shape index (κ2) is 24.6. The molecule has 0 aliphatic rings. The van der Waals surface area contributed by atoms with E-state index in [1.54, 1.807) is 0 Å². The Bertz CT molecular complexity index is 3950. The van der Waals surface area contributed by atoms with Crippen molar-refractivity contribution in [1.29, 1.82) is 0 Å². The smallest absolute Gasteiger partial charge is 0.160 e. The minimum Gasteiger partial charge on any atom is -0.399 e. The molecule has 0 amide bonds. The van der Waals surface area contributed by atoms with Gasteiger partial charge in [0.1, 0.15) is 0 Å². The summed E-state index contributed by atoms with van der Waals surface area (Å²) in [4.78, 5) is 15.5. The van der Waals surface area contributed by atoms with Crippen LogP contribution in [0.3, 0.4) is 0 Å². The van der Waals surface area contributed by atoms with Gasteiger partial charge < -0.3 is 11.1 Å². The zero-order valence-electron chi connectivity index (χ0n) is 44.5. The number of aryl methyl sites for hydroxylation is 1. The van der Waals surface area contributed by atoms with E-state index < -0.39 is 0 Å². The van der Waals surface area contributed by atoms with Gasteiger partial charge in [0, 0.05) is 51.8 Å². The van der Waals surface area contributed by atoms with E-state index in [2.05, 4.69) is 231 Å². The number of nitrogen functional groups attached to an aromatic ring is 1. The Morgan fingerprint density at radius 3 is 1.08 bits per heavy atom. The number of aromatic nitrogens is 3. The molecule has 10 aromatic carbocycles. The van der Waals surface area contributed by atoms with Gasteiger partial charge >= 0.3 is 0 Å². The lowest BCUT2D eigenvalue weighted by Crippen LogP contribution is -1.96. The van der Waals surface area contributed by atoms with Crippen LogP contribution in [-0.4, -0.2) is 22.0 Å². The lowest BCUT2D eigenvalue weighted by atomic mass is 9.95. The van der Waals surface area contributed by atoms with Gasteiger partial charge in [-0.1, -0.05) is 226 Å². The first-order valence-corrected chi connectivity index (χ1v) is 26.6. The predicted molar refractivity (Wildman–Crippen MR) is 331 cm³/mol. The molecule has 3 N–H and O–H groups in total. The van der Waals surface area contributed by atoms with Crippen molar-refractivity contribution in [2.24, 2.45) is 0 Å². The fourth-order valence-electron chi connectivity index (χ4n) is 9.58. The molecule has 5 heteroatoms. The highest BCUT2D eigenvalue weighted by Crippen LogP contribution is 2.37. The predicted octanol–water partition coefficient (Wildman–Crippen LogP) is 19.2. The summed E-state index contributed by atoms with van der Waals surface area (Å²) in [6.45, 7) is 6.08. The van der Waals surface area contributed by atoms with E-state index in [4.69, 9.17) is 20.7 Å². The van der Waals surface area contributed by atoms with Crippen molar-refractivity contribution in [3.8, 4) is 112 Å². The highest BCUT2D eigenvalue weighted by Gasteiger charge is 2.15. The first kappa shape index (κ1) is 51.5. The number of nitrogens with two attached hydrogens (primary N) is 1. The Morgan fingerprint density at radius 2 is 0.615 bits per heavy atom. The van der Waals surface area contributed by atoms with Crippen LogP contribution in [0.4, 0.5) is 11.4 Å². The molecule has 5 nitrogen and oxygen atoms in total. The molecule has 78 heavy (non-hydrogen) atoms. The van der Waals surface area contributed by atoms with Crippen LogP contribution >= 0.6 is 0 Å². The highest BCUT2D eigenvalue weighted by molar-refractivity contribution is 5.85. The van der Waals surface area contributed by atoms with E-state index in [9.17, 15) is 0 Å². The van der Waals surface area contributed by atoms with Gasteiger partial charge in [0.25, 0.3) is 0 Å². The summed E-state index contributed by atoms with van der Waals surface area (Å²) >= 11 is 0. The van der Waals surface area contributed by atoms with Crippen molar-refractivity contribution in [2.75, 3.05) is 18.1 Å². The second-order valence-corrected chi connectivity index (χ2v) is 18.8. The summed E-state index contributed by atoms with van der Waals surface area (Å²) in [6.07, 6.45) is 0. The lowest BCUT2D eigenvalue weighted by molar-refractivity contribution is 1.18. The first-order chi connectivity index (χ1) is 38.4. The number of anilines is 2. The standard InChI is InChI=1S/C64H47N5.C7H8.C2H6/c1-66-61-34-33-57(65)41-58(61)53-27-10-23-49(37-53)45-19-8-22-48(35-45)52-26-13-30-56(40-52)64-68-62(44-17-6-3-7-18-44)42-63(69-64)55-29-12-25-51(39-55)47-21-9-20-46(36-47)50-24-11-28-54(38-50)60-32-14-31-59(67-60)43-15-4-2-5-16-43;1-7-5-3-2-4-6-7;1-2/h2-42,66H,65H2,1H3;2-6H,1H3;1-2H3. The van der Waals surface area contributed by atoms with E-state index >= 15 is 0 Å². The van der Waals surface area contributed by atoms with Gasteiger partial charge in [-0.15, -0.1) is 0 Å². The Hall–Kier alpha value is -9.97. The Kier molecular flexibility index (Phi) is 16.2. The third-order valence-corrected chi connectivity index (χ3v) is 13.5. The van der Waals surface area contributed by atoms with Gasteiger partial charge in [0.15, 0.2) is 5.82 Å². The summed E-state index contributed by atoms with van der Waals surface area (Å²) in [7, 11) is 1.94. The quantitative estimate of drug-likeness (QED) is 0.126. The highest BCUT2D eigenvalue weighted by atomic mass is 14.9. The van der Waals surface area contributed by atoms with E-state index in [0.29, 0.717) is 5.82 Å². The van der Waals surface area contributed by atoms with Crippen LogP contribution in [0.5, 0.6) is 0 Å². The van der Waals surface area contributed by atoms with Crippen LogP contribution < -0.4 is 11.1 Å². The molecule has 12 aromatic rings. The van der Waals surface area contributed by atoms with E-state index in [-0.39, 0.29) is 0 Å². The molecule has 0 spiro atoms. The molecule has 12 rings (SSSR count). The summed E-state index contributed by atoms with van der Waals surface area (Å²) in [5.74, 6) is 0.663. The summed E-state index contributed by atoms with van der Waals surface area (Å²) in [5.41, 5.74) is 29.2. The van der Waals surface area contributed by atoms with Crippen LogP contribution in [0, 0.1) is 6.92 Å². The zero-order valence-corrected chi connectivity index (χ0v) is 44.5. The van der Waals surface area contributed by atoms with Gasteiger partial charge in [-0.3, -0.25) is 0 Å². The van der Waals surface area contributed by atoms with Crippen LogP contribution in [0.25, 0.3) is 112 Å². The molecule has 0 bridgehead atoms. The summed E-state index contributed by atoms with van der Waals surface area (Å²) < 4.78 is 0. The molecule has 0 radical (unpaired) electrons. The topological polar surface area (TPSA) is 76.7 Å². The molecule has 2 heterocycles. The SMILES string of the molecule is CC.CNc1ccc(N)cc1-c1cccc(-c2cccc(-c3cccc(-c4nc(-c5ccccc5)cc(-c5cccc(-c6cccc(-c7cccc(-c8cccc(-c9ccccc9)n8)c7)c6)c5)n4)c3)c2)c1.Cc1ccccc1. The number of pyridine rings is 1. The maximum absolute atomic E-state index is 6.22. The van der Waals surface area contributed by atoms with Crippen molar-refractivity contribution < 1.29 is 0 Å². The largest absolute Gasteiger partial charge is 0.399 e. The molecule has 0 aliphatic heterocycles. The van der Waals surface area contributed by atoms with Crippen LogP contribution in [0.15, 0.2) is 279 Å². The molecule has 0 saturated heterocycles. The third kappa shape index (κ3) is 12.2. The monoisotopic (exact) mass is 1010 g/mol. The molecule has 0 aliphatic carbocycles. The molecule has 0 saturated carbocycles. The van der Waals surface area contributed by atoms with Gasteiger partial charge in [-0.2, -0.15) is 0 Å². The summed E-state index contributed by atoms with van der Waals surface area (Å²) in [5, 5.41) is 3.31. The lowest BCUT2D eigenvalue weighted by Gasteiger charge is -2.13.